The number of hydrogen-bond donors (Lipinski definition) is 1. The van der Waals surface area contributed by atoms with Crippen molar-refractivity contribution >= 4 is 6.09 Å². The highest BCUT2D eigenvalue weighted by Crippen LogP contribution is 2.25. The minimum atomic E-state index is -0.453. The maximum Gasteiger partial charge on any atom is 0.410 e. The summed E-state index contributed by atoms with van der Waals surface area (Å²) < 4.78 is 5.32. The van der Waals surface area contributed by atoms with Crippen LogP contribution in [0.25, 0.3) is 0 Å². The number of aliphatic hydroxyl groups is 1. The molecule has 1 rings (SSSR count). The Morgan fingerprint density at radius 1 is 1.41 bits per heavy atom. The van der Waals surface area contributed by atoms with Crippen LogP contribution in [0, 0.1) is 11.8 Å². The van der Waals surface area contributed by atoms with Crippen molar-refractivity contribution in [2.75, 3.05) is 13.1 Å². The smallest absolute Gasteiger partial charge is 0.410 e. The Morgan fingerprint density at radius 3 is 2.47 bits per heavy atom. The van der Waals surface area contributed by atoms with Gasteiger partial charge in [0, 0.05) is 19.0 Å². The summed E-state index contributed by atoms with van der Waals surface area (Å²) in [5.41, 5.74) is -0.453. The van der Waals surface area contributed by atoms with Crippen molar-refractivity contribution in [1.82, 2.24) is 4.90 Å². The van der Waals surface area contributed by atoms with Crippen LogP contribution < -0.4 is 0 Å². The molecule has 0 radical (unpaired) electrons. The number of carbonyl (C=O) groups excluding carboxylic acids is 1. The molecule has 0 bridgehead atoms. The van der Waals surface area contributed by atoms with Crippen LogP contribution in [0.5, 0.6) is 0 Å². The Labute approximate surface area is 104 Å². The first-order chi connectivity index (χ1) is 7.70. The Balaban J connectivity index is 2.48. The van der Waals surface area contributed by atoms with Crippen molar-refractivity contribution < 1.29 is 14.6 Å². The third kappa shape index (κ3) is 4.19. The average Bonchev–Trinajstić information content (AvgIpc) is 2.62. The lowest BCUT2D eigenvalue weighted by molar-refractivity contribution is 0.0247. The van der Waals surface area contributed by atoms with Crippen molar-refractivity contribution in [2.45, 2.75) is 52.7 Å². The molecule has 1 amide bonds. The van der Waals surface area contributed by atoms with Gasteiger partial charge in [-0.2, -0.15) is 0 Å². The third-order valence-electron chi connectivity index (χ3n) is 3.04. The fourth-order valence-electron chi connectivity index (χ4n) is 2.10. The van der Waals surface area contributed by atoms with E-state index in [4.69, 9.17) is 4.74 Å². The second-order valence-corrected chi connectivity index (χ2v) is 6.21. The monoisotopic (exact) mass is 243 g/mol. The summed E-state index contributed by atoms with van der Waals surface area (Å²) in [6.45, 7) is 10.9. The predicted molar refractivity (Wildman–Crippen MR) is 66.8 cm³/mol. The molecular weight excluding hydrogens is 218 g/mol. The van der Waals surface area contributed by atoms with Gasteiger partial charge in [-0.15, -0.1) is 0 Å². The Morgan fingerprint density at radius 2 is 2.00 bits per heavy atom. The van der Waals surface area contributed by atoms with Gasteiger partial charge in [0.2, 0.25) is 0 Å². The molecule has 0 aromatic rings. The van der Waals surface area contributed by atoms with Crippen LogP contribution in [0.1, 0.15) is 41.0 Å². The highest BCUT2D eigenvalue weighted by atomic mass is 16.6. The molecule has 1 aliphatic heterocycles. The van der Waals surface area contributed by atoms with E-state index in [9.17, 15) is 9.90 Å². The van der Waals surface area contributed by atoms with Crippen molar-refractivity contribution in [3.63, 3.8) is 0 Å². The zero-order valence-electron chi connectivity index (χ0n) is 11.6. The molecule has 0 aromatic heterocycles. The van der Waals surface area contributed by atoms with Crippen molar-refractivity contribution in [3.05, 3.63) is 0 Å². The summed E-state index contributed by atoms with van der Waals surface area (Å²) in [5, 5.41) is 9.98. The number of aliphatic hydroxyl groups excluding tert-OH is 1. The average molecular weight is 243 g/mol. The molecule has 1 aliphatic rings. The number of hydrogen-bond acceptors (Lipinski definition) is 3. The highest BCUT2D eigenvalue weighted by molar-refractivity contribution is 5.68. The fraction of sp³-hybridized carbons (Fsp3) is 0.923. The van der Waals surface area contributed by atoms with Gasteiger partial charge in [0.1, 0.15) is 5.60 Å². The van der Waals surface area contributed by atoms with E-state index in [0.717, 1.165) is 6.42 Å². The van der Waals surface area contributed by atoms with Crippen molar-refractivity contribution in [1.29, 1.82) is 0 Å². The Hall–Kier alpha value is -0.770. The molecule has 1 N–H and O–H groups in total. The van der Waals surface area contributed by atoms with Gasteiger partial charge >= 0.3 is 6.09 Å². The Kier molecular flexibility index (Phi) is 4.42. The first-order valence-electron chi connectivity index (χ1n) is 6.36. The van der Waals surface area contributed by atoms with Crippen LogP contribution >= 0.6 is 0 Å². The van der Waals surface area contributed by atoms with E-state index in [1.165, 1.54) is 0 Å². The fourth-order valence-corrected chi connectivity index (χ4v) is 2.10. The van der Waals surface area contributed by atoms with Gasteiger partial charge in [-0.1, -0.05) is 13.8 Å². The van der Waals surface area contributed by atoms with E-state index in [1.807, 2.05) is 34.6 Å². The predicted octanol–water partition coefficient (Wildman–Crippen LogP) is 2.26. The normalized spacial score (nSPS) is 23.0. The van der Waals surface area contributed by atoms with E-state index in [1.54, 1.807) is 4.90 Å². The highest BCUT2D eigenvalue weighted by Gasteiger charge is 2.34. The van der Waals surface area contributed by atoms with Crippen LogP contribution in [-0.2, 0) is 4.74 Å². The first kappa shape index (κ1) is 14.3. The summed E-state index contributed by atoms with van der Waals surface area (Å²) in [6.07, 6.45) is 0.261. The minimum absolute atomic E-state index is 0.183. The van der Waals surface area contributed by atoms with Gasteiger partial charge in [-0.3, -0.25) is 0 Å². The lowest BCUT2D eigenvalue weighted by atomic mass is 9.93. The molecule has 0 aliphatic carbocycles. The molecule has 4 heteroatoms. The summed E-state index contributed by atoms with van der Waals surface area (Å²) in [6, 6.07) is 0. The summed E-state index contributed by atoms with van der Waals surface area (Å²) >= 11 is 0. The van der Waals surface area contributed by atoms with Gasteiger partial charge in [0.25, 0.3) is 0 Å². The standard InChI is InChI=1S/C13H25NO3/c1-9(2)11(15)10-6-7-14(8-10)12(16)17-13(3,4)5/h9-11,15H,6-8H2,1-5H3/t10-,11-/m0/s1. The molecule has 0 spiro atoms. The van der Waals surface area contributed by atoms with E-state index >= 15 is 0 Å². The van der Waals surface area contributed by atoms with E-state index < -0.39 is 5.60 Å². The van der Waals surface area contributed by atoms with Crippen molar-refractivity contribution in [2.24, 2.45) is 11.8 Å². The summed E-state index contributed by atoms with van der Waals surface area (Å²) in [5.74, 6) is 0.418. The second-order valence-electron chi connectivity index (χ2n) is 6.21. The molecule has 1 fully saturated rings. The summed E-state index contributed by atoms with van der Waals surface area (Å²) in [7, 11) is 0. The molecule has 1 heterocycles. The zero-order chi connectivity index (χ0) is 13.2. The number of likely N-dealkylation sites (tertiary alicyclic amines) is 1. The maximum atomic E-state index is 11.8. The molecule has 17 heavy (non-hydrogen) atoms. The lowest BCUT2D eigenvalue weighted by Gasteiger charge is -2.25. The van der Waals surface area contributed by atoms with Gasteiger partial charge < -0.3 is 14.7 Å². The van der Waals surface area contributed by atoms with Crippen LogP contribution in [-0.4, -0.2) is 40.9 Å². The molecule has 1 saturated heterocycles. The van der Waals surface area contributed by atoms with Crippen LogP contribution in [0.3, 0.4) is 0 Å². The van der Waals surface area contributed by atoms with Gasteiger partial charge in [-0.05, 0) is 33.1 Å². The summed E-state index contributed by atoms with van der Waals surface area (Å²) in [4.78, 5) is 13.5. The molecule has 0 aromatic carbocycles. The second kappa shape index (κ2) is 5.25. The number of nitrogens with zero attached hydrogens (tertiary/aromatic N) is 1. The minimum Gasteiger partial charge on any atom is -0.444 e. The molecular formula is C13H25NO3. The van der Waals surface area contributed by atoms with Gasteiger partial charge in [-0.25, -0.2) is 4.79 Å². The topological polar surface area (TPSA) is 49.8 Å². The number of rotatable bonds is 2. The first-order valence-corrected chi connectivity index (χ1v) is 6.36. The van der Waals surface area contributed by atoms with Crippen LogP contribution in [0.15, 0.2) is 0 Å². The molecule has 0 unspecified atom stereocenters. The molecule has 0 saturated carbocycles. The lowest BCUT2D eigenvalue weighted by Crippen LogP contribution is -2.36. The number of carbonyl (C=O) groups is 1. The van der Waals surface area contributed by atoms with E-state index in [2.05, 4.69) is 0 Å². The third-order valence-corrected chi connectivity index (χ3v) is 3.04. The van der Waals surface area contributed by atoms with Gasteiger partial charge in [0.05, 0.1) is 6.10 Å². The van der Waals surface area contributed by atoms with Gasteiger partial charge in [0.15, 0.2) is 0 Å². The van der Waals surface area contributed by atoms with Crippen LogP contribution in [0.2, 0.25) is 0 Å². The zero-order valence-corrected chi connectivity index (χ0v) is 11.6. The maximum absolute atomic E-state index is 11.8. The number of ether oxygens (including phenoxy) is 1. The SMILES string of the molecule is CC(C)[C@H](O)[C@H]1CCN(C(=O)OC(C)(C)C)C1. The van der Waals surface area contributed by atoms with Crippen LogP contribution in [0.4, 0.5) is 4.79 Å². The van der Waals surface area contributed by atoms with E-state index in [0.29, 0.717) is 13.1 Å². The van der Waals surface area contributed by atoms with Crippen molar-refractivity contribution in [3.8, 4) is 0 Å². The van der Waals surface area contributed by atoms with E-state index in [-0.39, 0.29) is 24.0 Å². The molecule has 100 valence electrons. The number of amides is 1. The Bertz CT molecular complexity index is 270. The largest absolute Gasteiger partial charge is 0.444 e. The molecule has 4 nitrogen and oxygen atoms in total. The molecule has 2 atom stereocenters. The quantitative estimate of drug-likeness (QED) is 0.809.